The van der Waals surface area contributed by atoms with E-state index in [1.807, 2.05) is 7.05 Å². The predicted octanol–water partition coefficient (Wildman–Crippen LogP) is -1.35. The van der Waals surface area contributed by atoms with E-state index in [-0.39, 0.29) is 25.0 Å². The number of hydrogen-bond donors (Lipinski definition) is 8. The first-order valence-corrected chi connectivity index (χ1v) is 9.82. The zero-order valence-electron chi connectivity index (χ0n) is 17.3. The van der Waals surface area contributed by atoms with Crippen LogP contribution in [-0.2, 0) is 0 Å². The highest BCUT2D eigenvalue weighted by atomic mass is 16.3. The van der Waals surface area contributed by atoms with E-state index in [0.29, 0.717) is 13.1 Å². The number of guanidine groups is 2. The summed E-state index contributed by atoms with van der Waals surface area (Å²) in [6.45, 7) is 6.12. The molecule has 10 N–H and O–H groups in total. The third-order valence-electron chi connectivity index (χ3n) is 4.08. The molecule has 0 heterocycles. The molecule has 0 amide bonds. The molecule has 0 aliphatic heterocycles. The first kappa shape index (κ1) is 26.1. The second kappa shape index (κ2) is 16.1. The molecule has 0 saturated carbocycles. The van der Waals surface area contributed by atoms with Gasteiger partial charge in [-0.05, 0) is 39.4 Å². The molecular formula is C18H40N8O2. The Kier molecular flexibility index (Phi) is 15.0. The minimum atomic E-state index is -0.592. The van der Waals surface area contributed by atoms with E-state index in [1.165, 1.54) is 0 Å². The van der Waals surface area contributed by atoms with Crippen molar-refractivity contribution < 1.29 is 10.2 Å². The van der Waals surface area contributed by atoms with Crippen molar-refractivity contribution in [3.05, 3.63) is 12.2 Å². The molecular weight excluding hydrogens is 360 g/mol. The van der Waals surface area contributed by atoms with Gasteiger partial charge in [0.2, 0.25) is 0 Å². The summed E-state index contributed by atoms with van der Waals surface area (Å²) in [6, 6.07) is 0. The van der Waals surface area contributed by atoms with Crippen molar-refractivity contribution in [1.29, 1.82) is 10.8 Å². The number of nitrogens with zero attached hydrogens (tertiary/aromatic N) is 2. The molecule has 0 aliphatic carbocycles. The molecule has 0 radical (unpaired) electrons. The van der Waals surface area contributed by atoms with Gasteiger partial charge in [-0.1, -0.05) is 19.1 Å². The fraction of sp³-hybridized carbons (Fsp3) is 0.778. The lowest BCUT2D eigenvalue weighted by molar-refractivity contribution is 0.116. The Morgan fingerprint density at radius 2 is 1.50 bits per heavy atom. The fourth-order valence-corrected chi connectivity index (χ4v) is 2.70. The summed E-state index contributed by atoms with van der Waals surface area (Å²) in [5, 5.41) is 39.5. The van der Waals surface area contributed by atoms with Crippen LogP contribution < -0.4 is 22.1 Å². The van der Waals surface area contributed by atoms with Crippen LogP contribution in [0.2, 0.25) is 0 Å². The van der Waals surface area contributed by atoms with Crippen LogP contribution >= 0.6 is 0 Å². The summed E-state index contributed by atoms with van der Waals surface area (Å²) in [7, 11) is 1.95. The normalized spacial score (nSPS) is 13.8. The van der Waals surface area contributed by atoms with E-state index in [2.05, 4.69) is 39.5 Å². The number of allylic oxidation sites excluding steroid dienone is 1. The molecule has 10 heteroatoms. The number of likely N-dealkylation sites (N-methyl/N-ethyl adjacent to an activating group) is 1. The smallest absolute Gasteiger partial charge is 0.185 e. The van der Waals surface area contributed by atoms with Gasteiger partial charge in [0, 0.05) is 32.7 Å². The van der Waals surface area contributed by atoms with Crippen molar-refractivity contribution in [3.63, 3.8) is 0 Å². The molecule has 2 atom stereocenters. The average Bonchev–Trinajstić information content (AvgIpc) is 2.61. The second-order valence-corrected chi connectivity index (χ2v) is 7.01. The quantitative estimate of drug-likeness (QED) is 0.0680. The van der Waals surface area contributed by atoms with Gasteiger partial charge in [0.1, 0.15) is 0 Å². The van der Waals surface area contributed by atoms with Gasteiger partial charge in [0.15, 0.2) is 11.9 Å². The van der Waals surface area contributed by atoms with Crippen molar-refractivity contribution >= 4 is 11.9 Å². The van der Waals surface area contributed by atoms with Crippen LogP contribution in [0.15, 0.2) is 12.2 Å². The monoisotopic (exact) mass is 400 g/mol. The van der Waals surface area contributed by atoms with Gasteiger partial charge in [-0.2, -0.15) is 0 Å². The van der Waals surface area contributed by atoms with E-state index in [0.717, 1.165) is 38.9 Å². The Hall–Kier alpha value is -1.88. The second-order valence-electron chi connectivity index (χ2n) is 7.01. The molecule has 0 saturated heterocycles. The van der Waals surface area contributed by atoms with E-state index in [4.69, 9.17) is 22.3 Å². The molecule has 0 spiro atoms. The molecule has 10 nitrogen and oxygen atoms in total. The molecule has 0 aromatic carbocycles. The molecule has 28 heavy (non-hydrogen) atoms. The van der Waals surface area contributed by atoms with Crippen LogP contribution in [0.5, 0.6) is 0 Å². The highest BCUT2D eigenvalue weighted by Crippen LogP contribution is 2.01. The highest BCUT2D eigenvalue weighted by Gasteiger charge is 2.12. The molecule has 0 aliphatic rings. The number of unbranched alkanes of at least 4 members (excludes halogenated alkanes) is 1. The van der Waals surface area contributed by atoms with Crippen LogP contribution in [0.4, 0.5) is 0 Å². The Morgan fingerprint density at radius 3 is 2.04 bits per heavy atom. The van der Waals surface area contributed by atoms with Gasteiger partial charge in [0.25, 0.3) is 0 Å². The van der Waals surface area contributed by atoms with Crippen molar-refractivity contribution in [3.8, 4) is 0 Å². The number of aliphatic hydroxyl groups excluding tert-OH is 2. The Balaban J connectivity index is 4.18. The van der Waals surface area contributed by atoms with Gasteiger partial charge in [-0.25, -0.2) is 0 Å². The lowest BCUT2D eigenvalue weighted by Gasteiger charge is -2.25. The Bertz CT molecular complexity index is 461. The molecule has 164 valence electrons. The van der Waals surface area contributed by atoms with Crippen LogP contribution in [-0.4, -0.2) is 97.0 Å². The van der Waals surface area contributed by atoms with E-state index >= 15 is 0 Å². The Labute approximate surface area is 169 Å². The fourth-order valence-electron chi connectivity index (χ4n) is 2.70. The molecule has 2 unspecified atom stereocenters. The number of nitrogens with one attached hydrogen (secondary N) is 4. The highest BCUT2D eigenvalue weighted by molar-refractivity contribution is 5.74. The van der Waals surface area contributed by atoms with E-state index < -0.39 is 12.2 Å². The number of rotatable bonds is 16. The molecule has 0 bridgehead atoms. The topological polar surface area (TPSA) is 171 Å². The summed E-state index contributed by atoms with van der Waals surface area (Å²) in [5.41, 5.74) is 10.5. The summed E-state index contributed by atoms with van der Waals surface area (Å²) < 4.78 is 0. The lowest BCUT2D eigenvalue weighted by Crippen LogP contribution is -2.42. The number of aliphatic hydroxyl groups is 2. The predicted molar refractivity (Wildman–Crippen MR) is 114 cm³/mol. The molecule has 0 rings (SSSR count). The molecule has 0 aromatic heterocycles. The van der Waals surface area contributed by atoms with Gasteiger partial charge >= 0.3 is 0 Å². The van der Waals surface area contributed by atoms with Crippen molar-refractivity contribution in [1.82, 2.24) is 20.4 Å². The third kappa shape index (κ3) is 16.3. The van der Waals surface area contributed by atoms with Crippen molar-refractivity contribution in [2.24, 2.45) is 11.5 Å². The zero-order chi connectivity index (χ0) is 21.4. The van der Waals surface area contributed by atoms with E-state index in [9.17, 15) is 10.2 Å². The van der Waals surface area contributed by atoms with Crippen LogP contribution in [0.1, 0.15) is 26.2 Å². The minimum absolute atomic E-state index is 0.139. The lowest BCUT2D eigenvalue weighted by atomic mass is 10.2. The molecule has 0 aromatic rings. The largest absolute Gasteiger partial charge is 0.390 e. The Morgan fingerprint density at radius 1 is 0.964 bits per heavy atom. The van der Waals surface area contributed by atoms with Crippen LogP contribution in [0, 0.1) is 10.8 Å². The van der Waals surface area contributed by atoms with Gasteiger partial charge in [-0.15, -0.1) is 0 Å². The SMILES string of the molecule is CC/C=C\CN(CCCCN(C)CC(O)CNC(=N)N)CC(O)CNC(=N)N. The average molecular weight is 401 g/mol. The zero-order valence-corrected chi connectivity index (χ0v) is 17.3. The summed E-state index contributed by atoms with van der Waals surface area (Å²) >= 11 is 0. The molecule has 0 fully saturated rings. The van der Waals surface area contributed by atoms with Gasteiger partial charge in [-0.3, -0.25) is 15.7 Å². The third-order valence-corrected chi connectivity index (χ3v) is 4.08. The maximum Gasteiger partial charge on any atom is 0.185 e. The maximum absolute atomic E-state index is 10.1. The van der Waals surface area contributed by atoms with Crippen LogP contribution in [0.25, 0.3) is 0 Å². The summed E-state index contributed by atoms with van der Waals surface area (Å²) in [5.74, 6) is -0.278. The number of hydrogen-bond acceptors (Lipinski definition) is 6. The number of nitrogens with two attached hydrogens (primary N) is 2. The van der Waals surface area contributed by atoms with Crippen molar-refractivity contribution in [2.45, 2.75) is 38.4 Å². The summed E-state index contributed by atoms with van der Waals surface area (Å²) in [4.78, 5) is 4.24. The van der Waals surface area contributed by atoms with Crippen molar-refractivity contribution in [2.75, 3.05) is 52.9 Å². The standard InChI is InChI=1S/C18H40N8O2/c1-3-4-5-9-26(14-16(28)12-24-18(21)22)10-7-6-8-25(2)13-15(27)11-23-17(19)20/h4-5,15-16,27-28H,3,6-14H2,1-2H3,(H4,19,20,23)(H4,21,22,24)/b5-4-. The maximum atomic E-state index is 10.1. The summed E-state index contributed by atoms with van der Waals surface area (Å²) in [6.07, 6.45) is 5.97. The first-order valence-electron chi connectivity index (χ1n) is 9.82. The first-order chi connectivity index (χ1) is 13.2. The van der Waals surface area contributed by atoms with Gasteiger partial charge in [0.05, 0.1) is 12.2 Å². The minimum Gasteiger partial charge on any atom is -0.390 e. The van der Waals surface area contributed by atoms with Gasteiger partial charge < -0.3 is 37.2 Å². The van der Waals surface area contributed by atoms with Crippen LogP contribution in [0.3, 0.4) is 0 Å². The van der Waals surface area contributed by atoms with E-state index in [1.54, 1.807) is 0 Å².